The van der Waals surface area contributed by atoms with Gasteiger partial charge in [-0.1, -0.05) is 29.8 Å². The van der Waals surface area contributed by atoms with E-state index >= 15 is 0 Å². The predicted molar refractivity (Wildman–Crippen MR) is 79.7 cm³/mol. The minimum Gasteiger partial charge on any atom is -0.452 e. The number of aryl methyl sites for hydroxylation is 1. The monoisotopic (exact) mass is 319 g/mol. The molecule has 0 radical (unpaired) electrons. The number of hydrogen-bond donors (Lipinski definition) is 1. The van der Waals surface area contributed by atoms with Crippen molar-refractivity contribution in [1.82, 2.24) is 5.32 Å². The molecule has 0 atom stereocenters. The second-order valence-electron chi connectivity index (χ2n) is 4.96. The highest BCUT2D eigenvalue weighted by atomic mass is 19.1. The van der Waals surface area contributed by atoms with Crippen LogP contribution in [0.4, 0.5) is 8.78 Å². The van der Waals surface area contributed by atoms with Crippen LogP contribution in [-0.4, -0.2) is 18.5 Å². The fourth-order valence-corrected chi connectivity index (χ4v) is 1.82. The molecule has 0 aliphatic heterocycles. The van der Waals surface area contributed by atoms with E-state index < -0.39 is 35.7 Å². The molecule has 0 aliphatic carbocycles. The van der Waals surface area contributed by atoms with Crippen molar-refractivity contribution in [3.05, 3.63) is 70.8 Å². The number of esters is 1. The Morgan fingerprint density at radius 1 is 1.09 bits per heavy atom. The molecule has 0 fully saturated rings. The molecule has 0 aromatic heterocycles. The van der Waals surface area contributed by atoms with E-state index in [2.05, 4.69) is 10.1 Å². The number of halogens is 2. The standard InChI is InChI=1S/C17H15F2NO3/c1-11-2-4-12(5-3-11)9-20-16(21)10-23-17(22)14-8-13(18)6-7-15(14)19/h2-8H,9-10H2,1H3,(H,20,21). The average molecular weight is 319 g/mol. The van der Waals surface area contributed by atoms with Gasteiger partial charge < -0.3 is 10.1 Å². The van der Waals surface area contributed by atoms with Crippen molar-refractivity contribution in [2.75, 3.05) is 6.61 Å². The summed E-state index contributed by atoms with van der Waals surface area (Å²) in [6.45, 7) is 1.67. The molecule has 0 saturated carbocycles. The molecule has 6 heteroatoms. The molecule has 0 unspecified atom stereocenters. The Kier molecular flexibility index (Phi) is 5.41. The third-order valence-electron chi connectivity index (χ3n) is 3.09. The van der Waals surface area contributed by atoms with Gasteiger partial charge in [-0.15, -0.1) is 0 Å². The van der Waals surface area contributed by atoms with E-state index in [1.165, 1.54) is 0 Å². The van der Waals surface area contributed by atoms with E-state index in [-0.39, 0.29) is 6.54 Å². The second-order valence-corrected chi connectivity index (χ2v) is 4.96. The average Bonchev–Trinajstić information content (AvgIpc) is 2.54. The molecule has 0 aliphatic rings. The van der Waals surface area contributed by atoms with Crippen molar-refractivity contribution < 1.29 is 23.1 Å². The van der Waals surface area contributed by atoms with Gasteiger partial charge in [0, 0.05) is 6.54 Å². The second kappa shape index (κ2) is 7.49. The number of nitrogens with one attached hydrogen (secondary N) is 1. The first kappa shape index (κ1) is 16.6. The minimum atomic E-state index is -1.09. The number of carbonyl (C=O) groups excluding carboxylic acids is 2. The van der Waals surface area contributed by atoms with Crippen LogP contribution in [0, 0.1) is 18.6 Å². The summed E-state index contributed by atoms with van der Waals surface area (Å²) in [4.78, 5) is 23.2. The molecule has 23 heavy (non-hydrogen) atoms. The maximum Gasteiger partial charge on any atom is 0.341 e. The Bertz CT molecular complexity index is 714. The predicted octanol–water partition coefficient (Wildman–Crippen LogP) is 2.75. The molecule has 0 saturated heterocycles. The number of amides is 1. The number of ether oxygens (including phenoxy) is 1. The van der Waals surface area contributed by atoms with Crippen molar-refractivity contribution in [3.63, 3.8) is 0 Å². The molecule has 0 spiro atoms. The minimum absolute atomic E-state index is 0.283. The SMILES string of the molecule is Cc1ccc(CNC(=O)COC(=O)c2cc(F)ccc2F)cc1. The third kappa shape index (κ3) is 4.88. The number of carbonyl (C=O) groups is 2. The first-order chi connectivity index (χ1) is 11.0. The van der Waals surface area contributed by atoms with Crippen LogP contribution in [-0.2, 0) is 16.1 Å². The Morgan fingerprint density at radius 2 is 1.78 bits per heavy atom. The van der Waals surface area contributed by atoms with Gasteiger partial charge in [-0.2, -0.15) is 0 Å². The van der Waals surface area contributed by atoms with Gasteiger partial charge in [0.25, 0.3) is 5.91 Å². The summed E-state index contributed by atoms with van der Waals surface area (Å²) in [7, 11) is 0. The van der Waals surface area contributed by atoms with Crippen LogP contribution < -0.4 is 5.32 Å². The Morgan fingerprint density at radius 3 is 2.48 bits per heavy atom. The van der Waals surface area contributed by atoms with E-state index in [4.69, 9.17) is 0 Å². The van der Waals surface area contributed by atoms with Gasteiger partial charge in [0.2, 0.25) is 0 Å². The van der Waals surface area contributed by atoms with Crippen molar-refractivity contribution in [2.24, 2.45) is 0 Å². The van der Waals surface area contributed by atoms with Crippen molar-refractivity contribution in [2.45, 2.75) is 13.5 Å². The first-order valence-corrected chi connectivity index (χ1v) is 6.90. The van der Waals surface area contributed by atoms with Crippen LogP contribution in [0.25, 0.3) is 0 Å². The first-order valence-electron chi connectivity index (χ1n) is 6.90. The van der Waals surface area contributed by atoms with Crippen LogP contribution in [0.15, 0.2) is 42.5 Å². The lowest BCUT2D eigenvalue weighted by atomic mass is 10.1. The fourth-order valence-electron chi connectivity index (χ4n) is 1.82. The molecule has 2 rings (SSSR count). The van der Waals surface area contributed by atoms with Crippen LogP contribution in [0.3, 0.4) is 0 Å². The van der Waals surface area contributed by atoms with Gasteiger partial charge >= 0.3 is 5.97 Å². The molecule has 120 valence electrons. The number of hydrogen-bond acceptors (Lipinski definition) is 3. The largest absolute Gasteiger partial charge is 0.452 e. The van der Waals surface area contributed by atoms with E-state index in [1.807, 2.05) is 31.2 Å². The van der Waals surface area contributed by atoms with E-state index in [0.29, 0.717) is 0 Å². The quantitative estimate of drug-likeness (QED) is 0.862. The van der Waals surface area contributed by atoms with Crippen LogP contribution in [0.1, 0.15) is 21.5 Å². The molecular formula is C17H15F2NO3. The summed E-state index contributed by atoms with van der Waals surface area (Å²) in [5.41, 5.74) is 1.45. The van der Waals surface area contributed by atoms with E-state index in [1.54, 1.807) is 0 Å². The highest BCUT2D eigenvalue weighted by molar-refractivity contribution is 5.91. The summed E-state index contributed by atoms with van der Waals surface area (Å²) >= 11 is 0. The van der Waals surface area contributed by atoms with Crippen LogP contribution in [0.5, 0.6) is 0 Å². The lowest BCUT2D eigenvalue weighted by Gasteiger charge is -2.07. The Balaban J connectivity index is 1.83. The topological polar surface area (TPSA) is 55.4 Å². The summed E-state index contributed by atoms with van der Waals surface area (Å²) in [5.74, 6) is -3.29. The molecule has 1 amide bonds. The summed E-state index contributed by atoms with van der Waals surface area (Å²) in [6, 6.07) is 9.99. The molecular weight excluding hydrogens is 304 g/mol. The highest BCUT2D eigenvalue weighted by Gasteiger charge is 2.15. The Labute approximate surface area is 132 Å². The van der Waals surface area contributed by atoms with Gasteiger partial charge in [0.05, 0.1) is 5.56 Å². The van der Waals surface area contributed by atoms with Gasteiger partial charge in [0.15, 0.2) is 6.61 Å². The van der Waals surface area contributed by atoms with Crippen LogP contribution >= 0.6 is 0 Å². The van der Waals surface area contributed by atoms with Crippen molar-refractivity contribution in [3.8, 4) is 0 Å². The zero-order valence-electron chi connectivity index (χ0n) is 12.4. The molecule has 0 heterocycles. The highest BCUT2D eigenvalue weighted by Crippen LogP contribution is 2.11. The maximum atomic E-state index is 13.4. The molecule has 2 aromatic rings. The smallest absolute Gasteiger partial charge is 0.341 e. The van der Waals surface area contributed by atoms with Gasteiger partial charge in [0.1, 0.15) is 11.6 Å². The summed E-state index contributed by atoms with van der Waals surface area (Å²) in [5, 5.41) is 2.57. The van der Waals surface area contributed by atoms with Gasteiger partial charge in [-0.25, -0.2) is 13.6 Å². The number of rotatable bonds is 5. The summed E-state index contributed by atoms with van der Waals surface area (Å²) < 4.78 is 31.0. The lowest BCUT2D eigenvalue weighted by Crippen LogP contribution is -2.28. The normalized spacial score (nSPS) is 10.2. The number of benzene rings is 2. The lowest BCUT2D eigenvalue weighted by molar-refractivity contribution is -0.124. The summed E-state index contributed by atoms with van der Waals surface area (Å²) in [6.07, 6.45) is 0. The molecule has 0 bridgehead atoms. The van der Waals surface area contributed by atoms with Crippen molar-refractivity contribution >= 4 is 11.9 Å². The van der Waals surface area contributed by atoms with E-state index in [0.717, 1.165) is 29.3 Å². The van der Waals surface area contributed by atoms with E-state index in [9.17, 15) is 18.4 Å². The van der Waals surface area contributed by atoms with Gasteiger partial charge in [-0.3, -0.25) is 4.79 Å². The zero-order chi connectivity index (χ0) is 16.8. The molecule has 4 nitrogen and oxygen atoms in total. The maximum absolute atomic E-state index is 13.4. The molecule has 1 N–H and O–H groups in total. The zero-order valence-corrected chi connectivity index (χ0v) is 12.4. The Hall–Kier alpha value is -2.76. The van der Waals surface area contributed by atoms with Crippen molar-refractivity contribution in [1.29, 1.82) is 0 Å². The molecule has 2 aromatic carbocycles. The van der Waals surface area contributed by atoms with Gasteiger partial charge in [-0.05, 0) is 30.7 Å². The third-order valence-corrected chi connectivity index (χ3v) is 3.09. The fraction of sp³-hybridized carbons (Fsp3) is 0.176. The van der Waals surface area contributed by atoms with Crippen LogP contribution in [0.2, 0.25) is 0 Å².